The van der Waals surface area contributed by atoms with Gasteiger partial charge in [0.05, 0.1) is 30.0 Å². The van der Waals surface area contributed by atoms with E-state index in [2.05, 4.69) is 10.2 Å². The van der Waals surface area contributed by atoms with Crippen LogP contribution in [0, 0.1) is 0 Å². The fourth-order valence-corrected chi connectivity index (χ4v) is 4.80. The van der Waals surface area contributed by atoms with Crippen molar-refractivity contribution in [2.75, 3.05) is 75.7 Å². The summed E-state index contributed by atoms with van der Waals surface area (Å²) in [5.41, 5.74) is 0.0858. The van der Waals surface area contributed by atoms with Crippen LogP contribution < -0.4 is 10.2 Å². The molecule has 182 valence electrons. The van der Waals surface area contributed by atoms with Crippen LogP contribution in [0.3, 0.4) is 0 Å². The van der Waals surface area contributed by atoms with Crippen LogP contribution in [-0.4, -0.2) is 92.0 Å². The van der Waals surface area contributed by atoms with Gasteiger partial charge in [0.2, 0.25) is 11.8 Å². The largest absolute Gasteiger partial charge is 0.416 e. The third-order valence-electron chi connectivity index (χ3n) is 6.69. The molecule has 3 aliphatic heterocycles. The molecule has 3 heterocycles. The molecule has 0 radical (unpaired) electrons. The van der Waals surface area contributed by atoms with E-state index >= 15 is 0 Å². The molecule has 10 heteroatoms. The summed E-state index contributed by atoms with van der Waals surface area (Å²) in [4.78, 5) is 33.1. The number of carbonyl (C=O) groups is 2. The van der Waals surface area contributed by atoms with Gasteiger partial charge in [-0.25, -0.2) is 0 Å². The van der Waals surface area contributed by atoms with E-state index < -0.39 is 11.7 Å². The zero-order chi connectivity index (χ0) is 23.4. The number of anilines is 2. The molecule has 3 aliphatic rings. The molecule has 33 heavy (non-hydrogen) atoms. The fourth-order valence-electron chi connectivity index (χ4n) is 4.80. The molecule has 3 saturated heterocycles. The lowest BCUT2D eigenvalue weighted by atomic mass is 10.1. The smallest absolute Gasteiger partial charge is 0.370 e. The Labute approximate surface area is 192 Å². The van der Waals surface area contributed by atoms with E-state index in [1.54, 1.807) is 0 Å². The Bertz CT molecular complexity index is 843. The Hall–Kier alpha value is -2.33. The van der Waals surface area contributed by atoms with Crippen molar-refractivity contribution in [2.24, 2.45) is 0 Å². The molecule has 4 rings (SSSR count). The van der Waals surface area contributed by atoms with Crippen LogP contribution in [0.5, 0.6) is 0 Å². The number of amides is 2. The molecule has 0 saturated carbocycles. The number of nitrogens with zero attached hydrogens (tertiary/aromatic N) is 4. The molecule has 0 spiro atoms. The number of rotatable bonds is 6. The second-order valence-electron chi connectivity index (χ2n) is 9.11. The summed E-state index contributed by atoms with van der Waals surface area (Å²) in [6, 6.07) is 3.57. The first kappa shape index (κ1) is 23.8. The van der Waals surface area contributed by atoms with Crippen LogP contribution in [0.1, 0.15) is 31.2 Å². The third kappa shape index (κ3) is 6.17. The van der Waals surface area contributed by atoms with Gasteiger partial charge >= 0.3 is 6.18 Å². The van der Waals surface area contributed by atoms with Crippen LogP contribution in [-0.2, 0) is 15.8 Å². The number of nitrogens with one attached hydrogen (secondary N) is 1. The minimum Gasteiger partial charge on any atom is -0.370 e. The van der Waals surface area contributed by atoms with Crippen molar-refractivity contribution in [2.45, 2.75) is 31.9 Å². The Morgan fingerprint density at radius 1 is 0.818 bits per heavy atom. The lowest BCUT2D eigenvalue weighted by molar-refractivity contribution is -0.137. The van der Waals surface area contributed by atoms with Gasteiger partial charge in [-0.05, 0) is 43.9 Å². The van der Waals surface area contributed by atoms with Crippen molar-refractivity contribution in [3.05, 3.63) is 23.8 Å². The number of hydrogen-bond acceptors (Lipinski definition) is 5. The number of alkyl halides is 3. The van der Waals surface area contributed by atoms with Crippen molar-refractivity contribution in [1.29, 1.82) is 0 Å². The lowest BCUT2D eigenvalue weighted by Gasteiger charge is -2.34. The van der Waals surface area contributed by atoms with Crippen molar-refractivity contribution >= 4 is 23.2 Å². The Kier molecular flexibility index (Phi) is 7.43. The van der Waals surface area contributed by atoms with Crippen LogP contribution in [0.4, 0.5) is 24.5 Å². The van der Waals surface area contributed by atoms with E-state index in [1.165, 1.54) is 6.07 Å². The highest BCUT2D eigenvalue weighted by Gasteiger charge is 2.32. The summed E-state index contributed by atoms with van der Waals surface area (Å²) in [5, 5.41) is 2.73. The molecule has 0 aromatic heterocycles. The highest BCUT2D eigenvalue weighted by atomic mass is 19.4. The molecule has 1 aromatic carbocycles. The fraction of sp³-hybridized carbons (Fsp3) is 0.652. The van der Waals surface area contributed by atoms with Gasteiger partial charge in [0.15, 0.2) is 0 Å². The molecular weight excluding hydrogens is 435 g/mol. The topological polar surface area (TPSA) is 59.1 Å². The maximum Gasteiger partial charge on any atom is 0.416 e. The SMILES string of the molecule is O=C(CN1CCN(CC(=O)N2CCCC2)CC1)Nc1cc(C(F)(F)F)ccc1N1CCCC1. The minimum absolute atomic E-state index is 0.115. The molecular formula is C23H32F3N5O2. The average molecular weight is 468 g/mol. The first-order valence-corrected chi connectivity index (χ1v) is 11.8. The predicted molar refractivity (Wildman–Crippen MR) is 120 cm³/mol. The quantitative estimate of drug-likeness (QED) is 0.697. The maximum absolute atomic E-state index is 13.2. The summed E-state index contributed by atoms with van der Waals surface area (Å²) in [6.07, 6.45) is -0.357. The lowest BCUT2D eigenvalue weighted by Crippen LogP contribution is -2.51. The highest BCUT2D eigenvalue weighted by molar-refractivity contribution is 5.96. The number of hydrogen-bond donors (Lipinski definition) is 1. The summed E-state index contributed by atoms with van der Waals surface area (Å²) < 4.78 is 39.7. The van der Waals surface area contributed by atoms with Gasteiger partial charge in [-0.2, -0.15) is 13.2 Å². The Morgan fingerprint density at radius 2 is 1.39 bits per heavy atom. The number of carbonyl (C=O) groups excluding carboxylic acids is 2. The Morgan fingerprint density at radius 3 is 2.00 bits per heavy atom. The van der Waals surface area contributed by atoms with Gasteiger partial charge in [0, 0.05) is 52.4 Å². The van der Waals surface area contributed by atoms with Gasteiger partial charge in [0.25, 0.3) is 0 Å². The molecule has 0 atom stereocenters. The molecule has 0 aliphatic carbocycles. The zero-order valence-corrected chi connectivity index (χ0v) is 18.9. The molecule has 0 unspecified atom stereocenters. The van der Waals surface area contributed by atoms with E-state index in [4.69, 9.17) is 0 Å². The van der Waals surface area contributed by atoms with Crippen molar-refractivity contribution in [3.63, 3.8) is 0 Å². The van der Waals surface area contributed by atoms with Gasteiger partial charge in [-0.15, -0.1) is 0 Å². The molecule has 0 bridgehead atoms. The van der Waals surface area contributed by atoms with E-state index in [9.17, 15) is 22.8 Å². The van der Waals surface area contributed by atoms with Gasteiger partial charge < -0.3 is 15.1 Å². The second kappa shape index (κ2) is 10.3. The maximum atomic E-state index is 13.2. The summed E-state index contributed by atoms with van der Waals surface area (Å²) in [6.45, 7) is 6.41. The van der Waals surface area contributed by atoms with Crippen LogP contribution in [0.25, 0.3) is 0 Å². The van der Waals surface area contributed by atoms with Crippen molar-refractivity contribution < 1.29 is 22.8 Å². The minimum atomic E-state index is -4.47. The summed E-state index contributed by atoms with van der Waals surface area (Å²) >= 11 is 0. The van der Waals surface area contributed by atoms with Crippen LogP contribution >= 0.6 is 0 Å². The first-order valence-electron chi connectivity index (χ1n) is 11.8. The predicted octanol–water partition coefficient (Wildman–Crippen LogP) is 2.48. The molecule has 3 fully saturated rings. The molecule has 1 N–H and O–H groups in total. The van der Waals surface area contributed by atoms with Crippen LogP contribution in [0.15, 0.2) is 18.2 Å². The Balaban J connectivity index is 1.31. The molecule has 1 aromatic rings. The van der Waals surface area contributed by atoms with Crippen molar-refractivity contribution in [3.8, 4) is 0 Å². The van der Waals surface area contributed by atoms with E-state index in [1.807, 2.05) is 14.7 Å². The van der Waals surface area contributed by atoms with E-state index in [0.29, 0.717) is 38.4 Å². The average Bonchev–Trinajstić information content (AvgIpc) is 3.49. The van der Waals surface area contributed by atoms with E-state index in [-0.39, 0.29) is 24.0 Å². The van der Waals surface area contributed by atoms with Gasteiger partial charge in [-0.3, -0.25) is 19.4 Å². The highest BCUT2D eigenvalue weighted by Crippen LogP contribution is 2.36. The number of piperazine rings is 1. The first-order chi connectivity index (χ1) is 15.8. The van der Waals surface area contributed by atoms with E-state index in [0.717, 1.165) is 64.0 Å². The van der Waals surface area contributed by atoms with Gasteiger partial charge in [0.1, 0.15) is 0 Å². The molecule has 2 amide bonds. The normalized spacial score (nSPS) is 20.5. The van der Waals surface area contributed by atoms with Gasteiger partial charge in [-0.1, -0.05) is 0 Å². The second-order valence-corrected chi connectivity index (χ2v) is 9.11. The van der Waals surface area contributed by atoms with Crippen LogP contribution in [0.2, 0.25) is 0 Å². The standard InChI is InChI=1S/C23H32F3N5O2/c24-23(25,26)18-5-6-20(30-7-1-2-8-30)19(15-18)27-21(32)16-28-11-13-29(14-12-28)17-22(33)31-9-3-4-10-31/h5-6,15H,1-4,7-14,16-17H2,(H,27,32). The number of halogens is 3. The number of likely N-dealkylation sites (tertiary alicyclic amines) is 1. The third-order valence-corrected chi connectivity index (χ3v) is 6.69. The summed E-state index contributed by atoms with van der Waals surface area (Å²) in [5.74, 6) is -0.158. The van der Waals surface area contributed by atoms with Crippen molar-refractivity contribution in [1.82, 2.24) is 14.7 Å². The molecule has 7 nitrogen and oxygen atoms in total. The zero-order valence-electron chi connectivity index (χ0n) is 18.9. The summed E-state index contributed by atoms with van der Waals surface area (Å²) in [7, 11) is 0. The monoisotopic (exact) mass is 467 g/mol. The number of benzene rings is 1.